The molecule has 1 nitrogen and oxygen atoms in total. The van der Waals surface area contributed by atoms with E-state index in [2.05, 4.69) is 93.6 Å². The third kappa shape index (κ3) is 4.17. The first-order valence-corrected chi connectivity index (χ1v) is 15.1. The van der Waals surface area contributed by atoms with Gasteiger partial charge in [-0.1, -0.05) is 99.2 Å². The Morgan fingerprint density at radius 2 is 1.59 bits per heavy atom. The van der Waals surface area contributed by atoms with Gasteiger partial charge in [-0.25, -0.2) is 0 Å². The summed E-state index contributed by atoms with van der Waals surface area (Å²) in [5.41, 5.74) is 6.09. The summed E-state index contributed by atoms with van der Waals surface area (Å²) in [5, 5.41) is 11.2. The third-order valence-electron chi connectivity index (χ3n) is 11.8. The lowest BCUT2D eigenvalue weighted by Gasteiger charge is -2.59. The number of allylic oxidation sites excluding steroid dienone is 2. The van der Waals surface area contributed by atoms with E-state index in [-0.39, 0.29) is 11.5 Å². The van der Waals surface area contributed by atoms with E-state index >= 15 is 0 Å². The molecule has 0 bridgehead atoms. The first-order chi connectivity index (χ1) is 17.9. The van der Waals surface area contributed by atoms with Crippen LogP contribution in [-0.4, -0.2) is 11.2 Å². The molecule has 2 aromatic rings. The van der Waals surface area contributed by atoms with Crippen LogP contribution in [0.25, 0.3) is 5.57 Å². The SMILES string of the molecule is C[C@@H](CC=C(c1ccccc1)c1ccccc1)[C@H]1CC[C@H]2[C@@H]3CC=C4CCC[C@@H](O)[C@]4(C)[C@H]3CC[C@]12C. The van der Waals surface area contributed by atoms with Crippen LogP contribution < -0.4 is 0 Å². The fourth-order valence-corrected chi connectivity index (χ4v) is 9.80. The zero-order chi connectivity index (χ0) is 25.6. The van der Waals surface area contributed by atoms with Crippen molar-refractivity contribution in [2.24, 2.45) is 40.4 Å². The maximum Gasteiger partial charge on any atom is 0.0633 e. The number of aliphatic hydroxyl groups excluding tert-OH is 1. The fourth-order valence-electron chi connectivity index (χ4n) is 9.80. The molecule has 0 radical (unpaired) electrons. The highest BCUT2D eigenvalue weighted by Crippen LogP contribution is 2.67. The van der Waals surface area contributed by atoms with E-state index in [1.54, 1.807) is 5.57 Å². The highest BCUT2D eigenvalue weighted by atomic mass is 16.3. The molecule has 8 atom stereocenters. The smallest absolute Gasteiger partial charge is 0.0633 e. The molecule has 196 valence electrons. The van der Waals surface area contributed by atoms with Gasteiger partial charge in [-0.15, -0.1) is 0 Å². The molecule has 1 heteroatoms. The second-order valence-corrected chi connectivity index (χ2v) is 13.3. The maximum absolute atomic E-state index is 11.2. The number of fused-ring (bicyclic) bond motifs is 5. The van der Waals surface area contributed by atoms with E-state index in [4.69, 9.17) is 0 Å². The highest BCUT2D eigenvalue weighted by molar-refractivity contribution is 5.79. The molecule has 1 N–H and O–H groups in total. The molecule has 6 rings (SSSR count). The lowest BCUT2D eigenvalue weighted by Crippen LogP contribution is -2.54. The van der Waals surface area contributed by atoms with Gasteiger partial charge in [0.25, 0.3) is 0 Å². The summed E-state index contributed by atoms with van der Waals surface area (Å²) in [6.45, 7) is 7.61. The number of hydrogen-bond donors (Lipinski definition) is 1. The zero-order valence-corrected chi connectivity index (χ0v) is 23.2. The van der Waals surface area contributed by atoms with Gasteiger partial charge in [0.2, 0.25) is 0 Å². The van der Waals surface area contributed by atoms with Crippen molar-refractivity contribution >= 4 is 5.57 Å². The van der Waals surface area contributed by atoms with Gasteiger partial charge in [-0.2, -0.15) is 0 Å². The molecule has 3 saturated carbocycles. The van der Waals surface area contributed by atoms with Crippen molar-refractivity contribution < 1.29 is 5.11 Å². The lowest BCUT2D eigenvalue weighted by molar-refractivity contribution is -0.0926. The van der Waals surface area contributed by atoms with E-state index in [1.807, 2.05) is 0 Å². The predicted molar refractivity (Wildman–Crippen MR) is 155 cm³/mol. The molecular formula is C36H46O. The monoisotopic (exact) mass is 494 g/mol. The molecule has 2 aromatic carbocycles. The Balaban J connectivity index is 1.24. The van der Waals surface area contributed by atoms with E-state index in [0.29, 0.717) is 17.3 Å². The molecule has 4 aliphatic carbocycles. The first kappa shape index (κ1) is 25.2. The Morgan fingerprint density at radius 3 is 2.27 bits per heavy atom. The Hall–Kier alpha value is -2.12. The standard InChI is InChI=1S/C36H46O/c1-25(17-19-29(26-11-6-4-7-12-26)27-13-8-5-9-14-27)31-21-22-32-30-20-18-28-15-10-16-34(37)36(28,3)33(30)23-24-35(31,32)2/h4-9,11-14,18-19,25,30-34,37H,10,15-17,20-24H2,1-3H3/t25-,30-,31+,32-,33-,34+,35+,36-/m0/s1. The first-order valence-electron chi connectivity index (χ1n) is 15.1. The topological polar surface area (TPSA) is 20.2 Å². The van der Waals surface area contributed by atoms with Crippen molar-refractivity contribution in [3.05, 3.63) is 89.5 Å². The Labute approximate surface area is 225 Å². The lowest BCUT2D eigenvalue weighted by atomic mass is 9.46. The molecule has 0 saturated heterocycles. The van der Waals surface area contributed by atoms with Crippen LogP contribution >= 0.6 is 0 Å². The molecule has 0 heterocycles. The Kier molecular flexibility index (Phi) is 6.72. The second kappa shape index (κ2) is 9.88. The van der Waals surface area contributed by atoms with E-state index < -0.39 is 0 Å². The molecule has 37 heavy (non-hydrogen) atoms. The minimum atomic E-state index is -0.139. The van der Waals surface area contributed by atoms with Gasteiger partial charge in [0.05, 0.1) is 6.10 Å². The van der Waals surface area contributed by atoms with Gasteiger partial charge in [-0.3, -0.25) is 0 Å². The average molecular weight is 495 g/mol. The molecule has 0 unspecified atom stereocenters. The molecule has 0 aliphatic heterocycles. The zero-order valence-electron chi connectivity index (χ0n) is 23.2. The molecular weight excluding hydrogens is 448 g/mol. The van der Waals surface area contributed by atoms with Gasteiger partial charge in [0.1, 0.15) is 0 Å². The van der Waals surface area contributed by atoms with Crippen molar-refractivity contribution in [1.29, 1.82) is 0 Å². The van der Waals surface area contributed by atoms with E-state index in [9.17, 15) is 5.11 Å². The molecule has 0 spiro atoms. The summed E-state index contributed by atoms with van der Waals surface area (Å²) in [4.78, 5) is 0. The van der Waals surface area contributed by atoms with E-state index in [0.717, 1.165) is 30.6 Å². The summed E-state index contributed by atoms with van der Waals surface area (Å²) in [6, 6.07) is 21.9. The quantitative estimate of drug-likeness (QED) is 0.411. The predicted octanol–water partition coefficient (Wildman–Crippen LogP) is 9.08. The molecule has 4 aliphatic rings. The van der Waals surface area contributed by atoms with Crippen molar-refractivity contribution in [2.45, 2.75) is 84.7 Å². The number of aliphatic hydroxyl groups is 1. The number of rotatable bonds is 5. The van der Waals surface area contributed by atoms with Gasteiger partial charge in [0, 0.05) is 5.41 Å². The third-order valence-corrected chi connectivity index (χ3v) is 11.8. The molecule has 0 aromatic heterocycles. The Bertz CT molecular complexity index is 1100. The normalized spacial score (nSPS) is 37.5. The van der Waals surface area contributed by atoms with Gasteiger partial charge < -0.3 is 5.11 Å². The number of benzene rings is 2. The summed E-state index contributed by atoms with van der Waals surface area (Å²) < 4.78 is 0. The summed E-state index contributed by atoms with van der Waals surface area (Å²) in [7, 11) is 0. The molecule has 0 amide bonds. The highest BCUT2D eigenvalue weighted by Gasteiger charge is 2.60. The van der Waals surface area contributed by atoms with Crippen LogP contribution in [0.4, 0.5) is 0 Å². The van der Waals surface area contributed by atoms with Gasteiger partial charge in [0.15, 0.2) is 0 Å². The fraction of sp³-hybridized carbons (Fsp3) is 0.556. The largest absolute Gasteiger partial charge is 0.392 e. The van der Waals surface area contributed by atoms with Crippen LogP contribution in [0.1, 0.15) is 89.7 Å². The van der Waals surface area contributed by atoms with Gasteiger partial charge in [-0.05, 0) is 109 Å². The summed E-state index contributed by atoms with van der Waals surface area (Å²) in [6.07, 6.45) is 16.2. The summed E-state index contributed by atoms with van der Waals surface area (Å²) in [5.74, 6) is 3.72. The van der Waals surface area contributed by atoms with Crippen LogP contribution in [-0.2, 0) is 0 Å². The van der Waals surface area contributed by atoms with Crippen LogP contribution in [0.15, 0.2) is 78.4 Å². The van der Waals surface area contributed by atoms with Crippen LogP contribution in [0.2, 0.25) is 0 Å². The van der Waals surface area contributed by atoms with Crippen molar-refractivity contribution in [3.8, 4) is 0 Å². The minimum absolute atomic E-state index is 0.0369. The maximum atomic E-state index is 11.2. The van der Waals surface area contributed by atoms with Crippen LogP contribution in [0.3, 0.4) is 0 Å². The summed E-state index contributed by atoms with van der Waals surface area (Å²) >= 11 is 0. The second-order valence-electron chi connectivity index (χ2n) is 13.3. The van der Waals surface area contributed by atoms with E-state index in [1.165, 1.54) is 61.6 Å². The Morgan fingerprint density at radius 1 is 0.919 bits per heavy atom. The minimum Gasteiger partial charge on any atom is -0.392 e. The van der Waals surface area contributed by atoms with Crippen molar-refractivity contribution in [3.63, 3.8) is 0 Å². The van der Waals surface area contributed by atoms with Crippen LogP contribution in [0, 0.1) is 40.4 Å². The van der Waals surface area contributed by atoms with Crippen molar-refractivity contribution in [2.75, 3.05) is 0 Å². The van der Waals surface area contributed by atoms with Crippen LogP contribution in [0.5, 0.6) is 0 Å². The number of hydrogen-bond acceptors (Lipinski definition) is 1. The molecule has 3 fully saturated rings. The average Bonchev–Trinajstić information content (AvgIpc) is 3.28. The van der Waals surface area contributed by atoms with Gasteiger partial charge >= 0.3 is 0 Å². The van der Waals surface area contributed by atoms with Crippen molar-refractivity contribution in [1.82, 2.24) is 0 Å².